The number of nitrogens with one attached hydrogen (secondary N) is 2. The standard InChI is InChI=1S/C44H50ClN7O5/c1-43(2)41(44(3,4)42(43)57-33-11-7-28(25-46)35(45)24-33)48-38(54)27-5-8-30(9-6-27)50-19-21-51(22-20-50)31-15-17-49(18-16-31)32-10-12-34-29(23-32)26-52(40(34)56)36-13-14-37(53)47-39(36)55/h5-12,23-24,31,36,41-42H,13-22,26H2,1-4H3,(H,48,54)(H,47,53,55). The van der Waals surface area contributed by atoms with Crippen LogP contribution in [0.15, 0.2) is 60.7 Å². The minimum absolute atomic E-state index is 0.105. The van der Waals surface area contributed by atoms with Gasteiger partial charge in [-0.1, -0.05) is 39.3 Å². The summed E-state index contributed by atoms with van der Waals surface area (Å²) >= 11 is 6.26. The summed E-state index contributed by atoms with van der Waals surface area (Å²) in [5.74, 6) is -0.312. The van der Waals surface area contributed by atoms with Gasteiger partial charge in [0, 0.05) is 104 Å². The van der Waals surface area contributed by atoms with Gasteiger partial charge in [-0.25, -0.2) is 0 Å². The van der Waals surface area contributed by atoms with Crippen molar-refractivity contribution in [3.63, 3.8) is 0 Å². The van der Waals surface area contributed by atoms with Crippen LogP contribution in [-0.4, -0.2) is 96.9 Å². The maximum Gasteiger partial charge on any atom is 0.255 e. The van der Waals surface area contributed by atoms with Crippen molar-refractivity contribution in [1.29, 1.82) is 5.26 Å². The van der Waals surface area contributed by atoms with Crippen molar-refractivity contribution in [1.82, 2.24) is 20.4 Å². The van der Waals surface area contributed by atoms with Gasteiger partial charge in [0.05, 0.1) is 10.6 Å². The molecule has 0 spiro atoms. The van der Waals surface area contributed by atoms with E-state index < -0.39 is 6.04 Å². The van der Waals surface area contributed by atoms with Crippen molar-refractivity contribution in [3.8, 4) is 11.8 Å². The van der Waals surface area contributed by atoms with E-state index in [9.17, 15) is 24.4 Å². The average Bonchev–Trinajstić information content (AvgIpc) is 3.53. The minimum Gasteiger partial charge on any atom is -0.489 e. The highest BCUT2D eigenvalue weighted by Gasteiger charge is 2.64. The molecule has 4 amide bonds. The third kappa shape index (κ3) is 7.21. The maximum absolute atomic E-state index is 13.5. The van der Waals surface area contributed by atoms with Crippen LogP contribution in [-0.2, 0) is 16.1 Å². The Morgan fingerprint density at radius 2 is 1.53 bits per heavy atom. The van der Waals surface area contributed by atoms with Crippen molar-refractivity contribution in [3.05, 3.63) is 87.9 Å². The van der Waals surface area contributed by atoms with Gasteiger partial charge < -0.3 is 24.8 Å². The Kier molecular flexibility index (Phi) is 10.2. The molecule has 3 aromatic carbocycles. The molecule has 0 radical (unpaired) electrons. The number of halogens is 1. The van der Waals surface area contributed by atoms with Crippen molar-refractivity contribution in [2.75, 3.05) is 49.1 Å². The fourth-order valence-electron chi connectivity index (χ4n) is 10.2. The van der Waals surface area contributed by atoms with Gasteiger partial charge in [-0.2, -0.15) is 5.26 Å². The van der Waals surface area contributed by atoms with Crippen LogP contribution < -0.4 is 25.2 Å². The molecule has 3 aromatic rings. The molecule has 298 valence electrons. The van der Waals surface area contributed by atoms with Crippen LogP contribution in [0.25, 0.3) is 0 Å². The Hall–Kier alpha value is -5.12. The van der Waals surface area contributed by atoms with Gasteiger partial charge in [0.25, 0.3) is 11.8 Å². The van der Waals surface area contributed by atoms with E-state index in [1.165, 1.54) is 0 Å². The predicted octanol–water partition coefficient (Wildman–Crippen LogP) is 5.38. The van der Waals surface area contributed by atoms with Crippen molar-refractivity contribution < 1.29 is 23.9 Å². The number of anilines is 2. The van der Waals surface area contributed by atoms with Crippen LogP contribution in [0.1, 0.15) is 85.2 Å². The number of imide groups is 1. The minimum atomic E-state index is -0.605. The quantitative estimate of drug-likeness (QED) is 0.289. The number of ether oxygens (including phenoxy) is 1. The fraction of sp³-hybridized carbons (Fsp3) is 0.477. The summed E-state index contributed by atoms with van der Waals surface area (Å²) in [5.41, 5.74) is 4.14. The lowest BCUT2D eigenvalue weighted by molar-refractivity contribution is -0.164. The Morgan fingerprint density at radius 1 is 0.860 bits per heavy atom. The maximum atomic E-state index is 13.5. The number of hydrogen-bond donors (Lipinski definition) is 2. The zero-order chi connectivity index (χ0) is 40.2. The summed E-state index contributed by atoms with van der Waals surface area (Å²) in [7, 11) is 0. The van der Waals surface area contributed by atoms with E-state index in [4.69, 9.17) is 16.3 Å². The highest BCUT2D eigenvalue weighted by Crippen LogP contribution is 2.55. The van der Waals surface area contributed by atoms with Crippen LogP contribution in [0.5, 0.6) is 5.75 Å². The number of hydrogen-bond acceptors (Lipinski definition) is 9. The summed E-state index contributed by atoms with van der Waals surface area (Å²) < 4.78 is 6.39. The van der Waals surface area contributed by atoms with E-state index in [2.05, 4.69) is 77.3 Å². The van der Waals surface area contributed by atoms with E-state index in [1.807, 2.05) is 24.3 Å². The molecule has 4 heterocycles. The number of fused-ring (bicyclic) bond motifs is 1. The zero-order valence-electron chi connectivity index (χ0n) is 33.0. The molecule has 12 nitrogen and oxygen atoms in total. The first kappa shape index (κ1) is 38.7. The van der Waals surface area contributed by atoms with Gasteiger partial charge >= 0.3 is 0 Å². The van der Waals surface area contributed by atoms with Gasteiger partial charge in [0.2, 0.25) is 11.8 Å². The molecular formula is C44H50ClN7O5. The molecule has 13 heteroatoms. The lowest BCUT2D eigenvalue weighted by Crippen LogP contribution is -2.74. The van der Waals surface area contributed by atoms with Crippen molar-refractivity contribution in [2.24, 2.45) is 10.8 Å². The monoisotopic (exact) mass is 791 g/mol. The first-order valence-electron chi connectivity index (χ1n) is 20.0. The van der Waals surface area contributed by atoms with Crippen LogP contribution in [0.2, 0.25) is 5.02 Å². The van der Waals surface area contributed by atoms with Crippen LogP contribution in [0.4, 0.5) is 11.4 Å². The SMILES string of the molecule is CC1(C)C(NC(=O)c2ccc(N3CCN(C4CCN(c5ccc6c(c5)CN(C5CCC(=O)NC5=O)C6=O)CC4)CC3)cc2)C(C)(C)C1Oc1ccc(C#N)c(Cl)c1. The lowest BCUT2D eigenvalue weighted by atomic mass is 9.49. The third-order valence-electron chi connectivity index (χ3n) is 13.1. The summed E-state index contributed by atoms with van der Waals surface area (Å²) in [4.78, 5) is 59.8. The molecular weight excluding hydrogens is 742 g/mol. The number of benzene rings is 3. The molecule has 3 saturated heterocycles. The lowest BCUT2D eigenvalue weighted by Gasteiger charge is -2.63. The number of nitriles is 1. The normalized spacial score (nSPS) is 24.7. The molecule has 1 saturated carbocycles. The molecule has 4 fully saturated rings. The second kappa shape index (κ2) is 15.0. The first-order valence-corrected chi connectivity index (χ1v) is 20.4. The number of carbonyl (C=O) groups excluding carboxylic acids is 4. The average molecular weight is 792 g/mol. The fourth-order valence-corrected chi connectivity index (χ4v) is 10.4. The van der Waals surface area contributed by atoms with Gasteiger partial charge in [-0.05, 0) is 79.4 Å². The largest absolute Gasteiger partial charge is 0.489 e. The molecule has 2 N–H and O–H groups in total. The van der Waals surface area contributed by atoms with Crippen LogP contribution >= 0.6 is 11.6 Å². The number of amides is 4. The molecule has 1 aliphatic carbocycles. The Bertz CT molecular complexity index is 2120. The van der Waals surface area contributed by atoms with Crippen LogP contribution in [0.3, 0.4) is 0 Å². The Balaban J connectivity index is 0.802. The van der Waals surface area contributed by atoms with Crippen molar-refractivity contribution >= 4 is 46.6 Å². The van der Waals surface area contributed by atoms with E-state index in [1.54, 1.807) is 23.1 Å². The van der Waals surface area contributed by atoms with Gasteiger partial charge in [0.15, 0.2) is 0 Å². The summed E-state index contributed by atoms with van der Waals surface area (Å²) in [6.07, 6.45) is 2.56. The van der Waals surface area contributed by atoms with Gasteiger partial charge in [-0.3, -0.25) is 29.4 Å². The van der Waals surface area contributed by atoms with E-state index in [0.717, 1.165) is 69.0 Å². The van der Waals surface area contributed by atoms with Crippen molar-refractivity contribution in [2.45, 2.75) is 84.2 Å². The number of piperazine rings is 1. The summed E-state index contributed by atoms with van der Waals surface area (Å²) in [6, 6.07) is 20.9. The number of carbonyl (C=O) groups is 4. The summed E-state index contributed by atoms with van der Waals surface area (Å²) in [6.45, 7) is 14.5. The topological polar surface area (TPSA) is 138 Å². The Labute approximate surface area is 339 Å². The smallest absolute Gasteiger partial charge is 0.255 e. The van der Waals surface area contributed by atoms with E-state index in [-0.39, 0.29) is 53.0 Å². The molecule has 0 bridgehead atoms. The highest BCUT2D eigenvalue weighted by molar-refractivity contribution is 6.31. The number of piperidine rings is 2. The molecule has 57 heavy (non-hydrogen) atoms. The van der Waals surface area contributed by atoms with Crippen LogP contribution in [0, 0.1) is 22.2 Å². The zero-order valence-corrected chi connectivity index (χ0v) is 33.8. The van der Waals surface area contributed by atoms with Gasteiger partial charge in [0.1, 0.15) is 24.0 Å². The van der Waals surface area contributed by atoms with E-state index >= 15 is 0 Å². The highest BCUT2D eigenvalue weighted by atomic mass is 35.5. The number of nitrogens with zero attached hydrogens (tertiary/aromatic N) is 5. The second-order valence-electron chi connectivity index (χ2n) is 17.3. The van der Waals surface area contributed by atoms with Gasteiger partial charge in [-0.15, -0.1) is 0 Å². The molecule has 8 rings (SSSR count). The third-order valence-corrected chi connectivity index (χ3v) is 13.4. The summed E-state index contributed by atoms with van der Waals surface area (Å²) in [5, 5.41) is 15.2. The second-order valence-corrected chi connectivity index (χ2v) is 17.7. The Morgan fingerprint density at radius 3 is 2.18 bits per heavy atom. The predicted molar refractivity (Wildman–Crippen MR) is 217 cm³/mol. The number of rotatable bonds is 8. The molecule has 1 unspecified atom stereocenters. The molecule has 5 aliphatic rings. The van der Waals surface area contributed by atoms with E-state index in [0.29, 0.717) is 46.5 Å². The molecule has 4 aliphatic heterocycles. The molecule has 1 atom stereocenters. The molecule has 0 aromatic heterocycles. The first-order chi connectivity index (χ1) is 27.2.